The largest absolute Gasteiger partial charge is 0.454 e. The van der Waals surface area contributed by atoms with Crippen LogP contribution in [0, 0.1) is 0 Å². The number of benzene rings is 1. The van der Waals surface area contributed by atoms with Crippen LogP contribution in [0.3, 0.4) is 0 Å². The molecule has 29 heavy (non-hydrogen) atoms. The van der Waals surface area contributed by atoms with E-state index in [4.69, 9.17) is 21.1 Å². The normalized spacial score (nSPS) is 18.6. The predicted octanol–water partition coefficient (Wildman–Crippen LogP) is 2.46. The van der Waals surface area contributed by atoms with Crippen molar-refractivity contribution in [2.45, 2.75) is 17.2 Å². The van der Waals surface area contributed by atoms with Crippen LogP contribution in [-0.4, -0.2) is 62.5 Å². The van der Waals surface area contributed by atoms with Gasteiger partial charge in [-0.25, -0.2) is 8.42 Å². The average Bonchev–Trinajstić information content (AvgIpc) is 3.36. The van der Waals surface area contributed by atoms with Gasteiger partial charge in [-0.15, -0.1) is 11.3 Å². The third-order valence-corrected chi connectivity index (χ3v) is 8.58. The van der Waals surface area contributed by atoms with Gasteiger partial charge in [0, 0.05) is 37.9 Å². The van der Waals surface area contributed by atoms with Gasteiger partial charge in [0.15, 0.2) is 11.5 Å². The minimum absolute atomic E-state index is 0.162. The molecule has 0 radical (unpaired) electrons. The van der Waals surface area contributed by atoms with Crippen molar-refractivity contribution in [1.82, 2.24) is 9.21 Å². The quantitative estimate of drug-likeness (QED) is 0.742. The maximum absolute atomic E-state index is 12.7. The molecule has 0 bridgehead atoms. The number of hydrogen-bond acceptors (Lipinski definition) is 7. The summed E-state index contributed by atoms with van der Waals surface area (Å²) in [5.41, 5.74) is 0.627. The number of hydrogen-bond donors (Lipinski definition) is 1. The van der Waals surface area contributed by atoms with Crippen LogP contribution in [-0.2, 0) is 14.8 Å². The van der Waals surface area contributed by atoms with E-state index in [0.717, 1.165) is 11.3 Å². The molecule has 0 unspecified atom stereocenters. The second-order valence-electron chi connectivity index (χ2n) is 6.73. The van der Waals surface area contributed by atoms with Crippen LogP contribution in [0.25, 0.3) is 0 Å². The summed E-state index contributed by atoms with van der Waals surface area (Å²) in [7, 11) is -3.55. The van der Waals surface area contributed by atoms with Crippen molar-refractivity contribution in [2.24, 2.45) is 0 Å². The first-order valence-electron chi connectivity index (χ1n) is 9.04. The summed E-state index contributed by atoms with van der Waals surface area (Å²) in [5, 5.41) is 2.88. The van der Waals surface area contributed by atoms with Gasteiger partial charge in [0.05, 0.1) is 10.4 Å². The summed E-state index contributed by atoms with van der Waals surface area (Å²) in [6.07, 6.45) is 0. The van der Waals surface area contributed by atoms with E-state index in [0.29, 0.717) is 47.7 Å². The minimum Gasteiger partial charge on any atom is -0.454 e. The lowest BCUT2D eigenvalue weighted by atomic mass is 10.2. The minimum atomic E-state index is -3.55. The zero-order valence-electron chi connectivity index (χ0n) is 15.6. The Kier molecular flexibility index (Phi) is 5.71. The van der Waals surface area contributed by atoms with Crippen LogP contribution in [0.5, 0.6) is 11.5 Å². The van der Waals surface area contributed by atoms with E-state index in [9.17, 15) is 13.2 Å². The molecule has 1 saturated heterocycles. The van der Waals surface area contributed by atoms with Crippen LogP contribution in [0.1, 0.15) is 6.92 Å². The molecule has 156 valence electrons. The zero-order chi connectivity index (χ0) is 20.6. The Balaban J connectivity index is 1.35. The monoisotopic (exact) mass is 457 g/mol. The maximum atomic E-state index is 12.7. The van der Waals surface area contributed by atoms with E-state index in [1.165, 1.54) is 10.4 Å². The number of sulfonamides is 1. The third kappa shape index (κ3) is 4.22. The molecule has 1 amide bonds. The molecule has 1 aromatic heterocycles. The van der Waals surface area contributed by atoms with Gasteiger partial charge in [-0.05, 0) is 31.2 Å². The summed E-state index contributed by atoms with van der Waals surface area (Å²) in [6, 6.07) is 7.94. The number of thiophene rings is 1. The first-order chi connectivity index (χ1) is 13.8. The molecule has 2 aliphatic rings. The number of piperazine rings is 1. The average molecular weight is 458 g/mol. The van der Waals surface area contributed by atoms with Crippen molar-refractivity contribution < 1.29 is 22.7 Å². The maximum Gasteiger partial charge on any atom is 0.252 e. The molecule has 2 aliphatic heterocycles. The van der Waals surface area contributed by atoms with Crippen LogP contribution >= 0.6 is 22.9 Å². The number of halogens is 1. The zero-order valence-corrected chi connectivity index (χ0v) is 18.0. The van der Waals surface area contributed by atoms with Gasteiger partial charge in [0.1, 0.15) is 4.21 Å². The number of carbonyl (C=O) groups is 1. The molecule has 0 aliphatic carbocycles. The molecule has 0 saturated carbocycles. The molecule has 3 heterocycles. The van der Waals surface area contributed by atoms with Crippen molar-refractivity contribution in [3.63, 3.8) is 0 Å². The molecule has 1 N–H and O–H groups in total. The van der Waals surface area contributed by atoms with Crippen LogP contribution in [0.2, 0.25) is 4.34 Å². The fraction of sp³-hybridized carbons (Fsp3) is 0.389. The first-order valence-corrected chi connectivity index (χ1v) is 11.7. The third-order valence-electron chi connectivity index (χ3n) is 4.98. The topological polar surface area (TPSA) is 88.2 Å². The van der Waals surface area contributed by atoms with E-state index in [1.54, 1.807) is 24.3 Å². The molecule has 2 aromatic rings. The van der Waals surface area contributed by atoms with Gasteiger partial charge < -0.3 is 14.8 Å². The second-order valence-corrected chi connectivity index (χ2v) is 10.6. The molecule has 1 fully saturated rings. The van der Waals surface area contributed by atoms with Crippen molar-refractivity contribution in [3.05, 3.63) is 34.7 Å². The first kappa shape index (κ1) is 20.4. The number of anilines is 1. The number of fused-ring (bicyclic) bond motifs is 1. The Morgan fingerprint density at radius 3 is 2.55 bits per heavy atom. The van der Waals surface area contributed by atoms with Crippen molar-refractivity contribution >= 4 is 44.6 Å². The Morgan fingerprint density at radius 2 is 1.86 bits per heavy atom. The standard InChI is InChI=1S/C18H20ClN3O5S2/c1-12(18(23)20-13-2-3-14-15(10-13)27-11-26-14)21-6-8-22(9-7-21)29(24,25)17-5-4-16(19)28-17/h2-5,10,12H,6-9,11H2,1H3,(H,20,23)/t12-/m0/s1. The summed E-state index contributed by atoms with van der Waals surface area (Å²) in [5.74, 6) is 1.09. The molecular weight excluding hydrogens is 438 g/mol. The highest BCUT2D eigenvalue weighted by Gasteiger charge is 2.32. The van der Waals surface area contributed by atoms with E-state index >= 15 is 0 Å². The smallest absolute Gasteiger partial charge is 0.252 e. The van der Waals surface area contributed by atoms with E-state index < -0.39 is 16.1 Å². The van der Waals surface area contributed by atoms with Crippen molar-refractivity contribution in [1.29, 1.82) is 0 Å². The highest BCUT2D eigenvalue weighted by Crippen LogP contribution is 2.34. The SMILES string of the molecule is C[C@@H](C(=O)Nc1ccc2c(c1)OCO2)N1CCN(S(=O)(=O)c2ccc(Cl)s2)CC1. The number of nitrogens with one attached hydrogen (secondary N) is 1. The van der Waals surface area contributed by atoms with E-state index in [-0.39, 0.29) is 16.9 Å². The fourth-order valence-electron chi connectivity index (χ4n) is 3.28. The molecular formula is C18H20ClN3O5S2. The number of carbonyl (C=O) groups excluding carboxylic acids is 1. The highest BCUT2D eigenvalue weighted by molar-refractivity contribution is 7.91. The number of rotatable bonds is 5. The van der Waals surface area contributed by atoms with Crippen LogP contribution in [0.15, 0.2) is 34.5 Å². The molecule has 4 rings (SSSR count). The van der Waals surface area contributed by atoms with Gasteiger partial charge in [-0.2, -0.15) is 4.31 Å². The van der Waals surface area contributed by atoms with Gasteiger partial charge in [-0.3, -0.25) is 9.69 Å². The Hall–Kier alpha value is -1.85. The number of ether oxygens (including phenoxy) is 2. The molecule has 1 aromatic carbocycles. The van der Waals surface area contributed by atoms with Crippen LogP contribution in [0.4, 0.5) is 5.69 Å². The highest BCUT2D eigenvalue weighted by atomic mass is 35.5. The van der Waals surface area contributed by atoms with Gasteiger partial charge in [0.25, 0.3) is 10.0 Å². The molecule has 8 nitrogen and oxygen atoms in total. The summed E-state index contributed by atoms with van der Waals surface area (Å²) < 4.78 is 38.1. The van der Waals surface area contributed by atoms with Gasteiger partial charge in [0.2, 0.25) is 12.7 Å². The fourth-order valence-corrected chi connectivity index (χ4v) is 6.34. The lowest BCUT2D eigenvalue weighted by molar-refractivity contribution is -0.121. The summed E-state index contributed by atoms with van der Waals surface area (Å²) in [4.78, 5) is 14.6. The molecule has 0 spiro atoms. The van der Waals surface area contributed by atoms with E-state index in [1.807, 2.05) is 11.8 Å². The predicted molar refractivity (Wildman–Crippen MR) is 110 cm³/mol. The Bertz CT molecular complexity index is 1020. The lowest BCUT2D eigenvalue weighted by Gasteiger charge is -2.36. The summed E-state index contributed by atoms with van der Waals surface area (Å²) >= 11 is 6.92. The molecule has 11 heteroatoms. The van der Waals surface area contributed by atoms with Crippen molar-refractivity contribution in [3.8, 4) is 11.5 Å². The lowest BCUT2D eigenvalue weighted by Crippen LogP contribution is -2.53. The Labute approximate surface area is 178 Å². The van der Waals surface area contributed by atoms with Crippen molar-refractivity contribution in [2.75, 3.05) is 38.3 Å². The Morgan fingerprint density at radius 1 is 1.14 bits per heavy atom. The number of amides is 1. The molecule has 1 atom stereocenters. The number of nitrogens with zero attached hydrogens (tertiary/aromatic N) is 2. The van der Waals surface area contributed by atoms with Crippen LogP contribution < -0.4 is 14.8 Å². The van der Waals surface area contributed by atoms with Gasteiger partial charge in [-0.1, -0.05) is 11.6 Å². The summed E-state index contributed by atoms with van der Waals surface area (Å²) in [6.45, 7) is 3.56. The van der Waals surface area contributed by atoms with E-state index in [2.05, 4.69) is 5.32 Å². The second kappa shape index (κ2) is 8.11. The van der Waals surface area contributed by atoms with Gasteiger partial charge >= 0.3 is 0 Å².